The van der Waals surface area contributed by atoms with Gasteiger partial charge in [-0.25, -0.2) is 22.5 Å². The summed E-state index contributed by atoms with van der Waals surface area (Å²) >= 11 is 0. The number of fused-ring (bicyclic) bond motifs is 1. The average Bonchev–Trinajstić information content (AvgIpc) is 3.69. The SMILES string of the molecule is O=c1[nH]c(-c2ccc(S(=O)(=O)N(Cc3ccc(C(F)(F)F)cn3)c3ncc4ccccc4c3C3CC3)cc2)no1. The number of rotatable bonds is 7. The molecule has 2 aromatic carbocycles. The van der Waals surface area contributed by atoms with E-state index < -0.39 is 27.5 Å². The largest absolute Gasteiger partial charge is 0.439 e. The lowest BCUT2D eigenvalue weighted by Gasteiger charge is -2.26. The molecule has 40 heavy (non-hydrogen) atoms. The van der Waals surface area contributed by atoms with E-state index >= 15 is 0 Å². The topological polar surface area (TPSA) is 122 Å². The lowest BCUT2D eigenvalue weighted by Crippen LogP contribution is -2.32. The first-order valence-corrected chi connectivity index (χ1v) is 13.6. The maximum Gasteiger partial charge on any atom is 0.439 e. The monoisotopic (exact) mass is 567 g/mol. The molecule has 3 aromatic heterocycles. The van der Waals surface area contributed by atoms with Crippen molar-refractivity contribution < 1.29 is 26.1 Å². The first-order valence-electron chi connectivity index (χ1n) is 12.2. The average molecular weight is 568 g/mol. The molecular weight excluding hydrogens is 547 g/mol. The maximum absolute atomic E-state index is 14.1. The van der Waals surface area contributed by atoms with Crippen molar-refractivity contribution in [2.24, 2.45) is 0 Å². The Labute approximate surface area is 225 Å². The predicted octanol–water partition coefficient (Wildman–Crippen LogP) is 5.26. The highest BCUT2D eigenvalue weighted by molar-refractivity contribution is 7.92. The normalized spacial score (nSPS) is 14.0. The van der Waals surface area contributed by atoms with Crippen LogP contribution in [0.4, 0.5) is 19.0 Å². The number of hydrogen-bond donors (Lipinski definition) is 1. The minimum atomic E-state index is -4.58. The van der Waals surface area contributed by atoms with Crippen LogP contribution >= 0.6 is 0 Å². The van der Waals surface area contributed by atoms with E-state index in [4.69, 9.17) is 0 Å². The second-order valence-corrected chi connectivity index (χ2v) is 11.2. The predicted molar refractivity (Wildman–Crippen MR) is 139 cm³/mol. The summed E-state index contributed by atoms with van der Waals surface area (Å²) in [4.78, 5) is 22.1. The molecular formula is C27H20F3N5O4S. The van der Waals surface area contributed by atoms with Crippen LogP contribution in [-0.4, -0.2) is 28.5 Å². The summed E-state index contributed by atoms with van der Waals surface area (Å²) in [6.45, 7) is -0.343. The number of hydrogen-bond acceptors (Lipinski definition) is 7. The van der Waals surface area contributed by atoms with E-state index in [0.29, 0.717) is 11.8 Å². The lowest BCUT2D eigenvalue weighted by atomic mass is 10.0. The van der Waals surface area contributed by atoms with Gasteiger partial charge >= 0.3 is 11.9 Å². The quantitative estimate of drug-likeness (QED) is 0.285. The summed E-state index contributed by atoms with van der Waals surface area (Å²) in [5.41, 5.74) is 0.369. The van der Waals surface area contributed by atoms with E-state index in [9.17, 15) is 26.4 Å². The number of aromatic nitrogens is 4. The molecule has 13 heteroatoms. The Morgan fingerprint density at radius 3 is 2.35 bits per heavy atom. The van der Waals surface area contributed by atoms with Crippen LogP contribution in [0.1, 0.15) is 35.6 Å². The first kappa shape index (κ1) is 25.7. The number of H-pyrrole nitrogens is 1. The molecule has 0 atom stereocenters. The Bertz CT molecular complexity index is 1860. The van der Waals surface area contributed by atoms with Crippen LogP contribution in [0.15, 0.2) is 87.3 Å². The van der Waals surface area contributed by atoms with Crippen LogP contribution in [-0.2, 0) is 22.7 Å². The molecule has 0 amide bonds. The smallest absolute Gasteiger partial charge is 0.296 e. The molecule has 1 N–H and O–H groups in total. The molecule has 5 aromatic rings. The van der Waals surface area contributed by atoms with Gasteiger partial charge in [-0.3, -0.25) is 14.5 Å². The third kappa shape index (κ3) is 4.83. The number of alkyl halides is 3. The van der Waals surface area contributed by atoms with E-state index in [1.165, 1.54) is 24.3 Å². The van der Waals surface area contributed by atoms with Crippen molar-refractivity contribution in [2.45, 2.75) is 36.4 Å². The summed E-state index contributed by atoms with van der Waals surface area (Å²) in [5.74, 6) is -0.324. The van der Waals surface area contributed by atoms with Gasteiger partial charge in [0.1, 0.15) is 5.82 Å². The van der Waals surface area contributed by atoms with Crippen molar-refractivity contribution in [3.8, 4) is 11.4 Å². The van der Waals surface area contributed by atoms with Gasteiger partial charge in [0.25, 0.3) is 10.0 Å². The molecule has 1 fully saturated rings. The zero-order valence-electron chi connectivity index (χ0n) is 20.6. The van der Waals surface area contributed by atoms with Crippen LogP contribution in [0.5, 0.6) is 0 Å². The van der Waals surface area contributed by atoms with E-state index in [-0.39, 0.29) is 34.7 Å². The molecule has 1 aliphatic carbocycles. The van der Waals surface area contributed by atoms with Crippen molar-refractivity contribution in [3.05, 3.63) is 100 Å². The van der Waals surface area contributed by atoms with Crippen LogP contribution in [0.3, 0.4) is 0 Å². The Morgan fingerprint density at radius 2 is 1.73 bits per heavy atom. The Hall–Kier alpha value is -4.52. The van der Waals surface area contributed by atoms with E-state index in [2.05, 4.69) is 24.6 Å². The van der Waals surface area contributed by atoms with Crippen LogP contribution < -0.4 is 10.1 Å². The molecule has 9 nitrogen and oxygen atoms in total. The second-order valence-electron chi connectivity index (χ2n) is 9.37. The molecule has 0 saturated heterocycles. The first-order chi connectivity index (χ1) is 19.1. The van der Waals surface area contributed by atoms with Crippen molar-refractivity contribution in [2.75, 3.05) is 4.31 Å². The van der Waals surface area contributed by atoms with E-state index in [1.807, 2.05) is 24.3 Å². The van der Waals surface area contributed by atoms with Crippen LogP contribution in [0, 0.1) is 0 Å². The summed E-state index contributed by atoms with van der Waals surface area (Å²) in [7, 11) is -4.29. The maximum atomic E-state index is 14.1. The van der Waals surface area contributed by atoms with Gasteiger partial charge in [0.05, 0.1) is 22.7 Å². The Kier molecular flexibility index (Phi) is 6.17. The number of nitrogens with zero attached hydrogens (tertiary/aromatic N) is 4. The highest BCUT2D eigenvalue weighted by atomic mass is 32.2. The lowest BCUT2D eigenvalue weighted by molar-refractivity contribution is -0.137. The molecule has 204 valence electrons. The van der Waals surface area contributed by atoms with Crippen molar-refractivity contribution >= 4 is 26.6 Å². The molecule has 0 radical (unpaired) electrons. The van der Waals surface area contributed by atoms with E-state index in [0.717, 1.165) is 45.6 Å². The molecule has 0 unspecified atom stereocenters. The molecule has 3 heterocycles. The number of benzene rings is 2. The van der Waals surface area contributed by atoms with Gasteiger partial charge in [-0.1, -0.05) is 29.4 Å². The summed E-state index contributed by atoms with van der Waals surface area (Å²) < 4.78 is 73.2. The summed E-state index contributed by atoms with van der Waals surface area (Å²) in [6.07, 6.45) is -0.585. The number of halogens is 3. The fourth-order valence-electron chi connectivity index (χ4n) is 4.52. The minimum absolute atomic E-state index is 0.0919. The van der Waals surface area contributed by atoms with Gasteiger partial charge in [0.15, 0.2) is 5.82 Å². The Morgan fingerprint density at radius 1 is 0.975 bits per heavy atom. The second kappa shape index (κ2) is 9.59. The van der Waals surface area contributed by atoms with Gasteiger partial charge in [0.2, 0.25) is 0 Å². The van der Waals surface area contributed by atoms with Crippen molar-refractivity contribution in [1.82, 2.24) is 20.1 Å². The number of nitrogens with one attached hydrogen (secondary N) is 1. The van der Waals surface area contributed by atoms with Gasteiger partial charge < -0.3 is 0 Å². The van der Waals surface area contributed by atoms with E-state index in [1.54, 1.807) is 6.20 Å². The standard InChI is InChI=1S/C27H20F3N5O4S/c28-27(29,30)19-9-10-20(31-14-19)15-35(25-23(16-5-6-16)22-4-2-1-3-18(22)13-32-25)40(37,38)21-11-7-17(8-12-21)24-33-26(36)39-34-24/h1-4,7-14,16H,5-6,15H2,(H,33,34,36). The van der Waals surface area contributed by atoms with Gasteiger partial charge in [0, 0.05) is 28.9 Å². The minimum Gasteiger partial charge on any atom is -0.296 e. The molecule has 0 bridgehead atoms. The zero-order valence-corrected chi connectivity index (χ0v) is 21.4. The fourth-order valence-corrected chi connectivity index (χ4v) is 5.93. The van der Waals surface area contributed by atoms with Crippen LogP contribution in [0.25, 0.3) is 22.2 Å². The molecule has 1 saturated carbocycles. The molecule has 1 aliphatic rings. The molecule has 0 aliphatic heterocycles. The number of sulfonamides is 1. The number of aromatic amines is 1. The highest BCUT2D eigenvalue weighted by Gasteiger charge is 2.36. The summed E-state index contributed by atoms with van der Waals surface area (Å²) in [5, 5.41) is 5.32. The Balaban J connectivity index is 1.46. The number of anilines is 1. The third-order valence-electron chi connectivity index (χ3n) is 6.65. The van der Waals surface area contributed by atoms with Crippen LogP contribution in [0.2, 0.25) is 0 Å². The zero-order chi connectivity index (χ0) is 28.1. The van der Waals surface area contributed by atoms with Crippen molar-refractivity contribution in [1.29, 1.82) is 0 Å². The number of pyridine rings is 2. The fraction of sp³-hybridized carbons (Fsp3) is 0.185. The molecule has 6 rings (SSSR count). The van der Waals surface area contributed by atoms with Crippen molar-refractivity contribution in [3.63, 3.8) is 0 Å². The highest BCUT2D eigenvalue weighted by Crippen LogP contribution is 2.48. The van der Waals surface area contributed by atoms with Gasteiger partial charge in [-0.2, -0.15) is 13.2 Å². The third-order valence-corrected chi connectivity index (χ3v) is 8.40. The van der Waals surface area contributed by atoms with Gasteiger partial charge in [-0.15, -0.1) is 0 Å². The van der Waals surface area contributed by atoms with Gasteiger partial charge in [-0.05, 0) is 60.5 Å². The molecule has 0 spiro atoms. The summed E-state index contributed by atoms with van der Waals surface area (Å²) in [6, 6.07) is 15.2.